The number of halogens is 2. The van der Waals surface area contributed by atoms with E-state index in [1.54, 1.807) is 31.2 Å². The molecular formula is C24H17F2NO5. The number of furan rings is 1. The van der Waals surface area contributed by atoms with Gasteiger partial charge in [-0.05, 0) is 55.0 Å². The number of aliphatic hydroxyl groups is 1. The molecule has 5 rings (SSSR count). The second kappa shape index (κ2) is 7.33. The van der Waals surface area contributed by atoms with Crippen molar-refractivity contribution in [3.63, 3.8) is 0 Å². The Hall–Kier alpha value is -3.94. The Morgan fingerprint density at radius 2 is 1.91 bits per heavy atom. The van der Waals surface area contributed by atoms with Crippen molar-refractivity contribution >= 4 is 23.1 Å². The number of amides is 1. The molecule has 1 fully saturated rings. The highest BCUT2D eigenvalue weighted by Crippen LogP contribution is 2.44. The minimum atomic E-state index is -1.27. The van der Waals surface area contributed by atoms with Gasteiger partial charge in [-0.3, -0.25) is 14.5 Å². The zero-order valence-electron chi connectivity index (χ0n) is 16.9. The molecule has 6 nitrogen and oxygen atoms in total. The predicted molar refractivity (Wildman–Crippen MR) is 110 cm³/mol. The number of carbonyl (C=O) groups excluding carboxylic acids is 2. The van der Waals surface area contributed by atoms with Gasteiger partial charge in [0.05, 0.1) is 17.9 Å². The molecule has 2 aliphatic rings. The van der Waals surface area contributed by atoms with Gasteiger partial charge in [0.2, 0.25) is 0 Å². The van der Waals surface area contributed by atoms with Gasteiger partial charge >= 0.3 is 0 Å². The molecule has 0 bridgehead atoms. The molecule has 1 unspecified atom stereocenters. The van der Waals surface area contributed by atoms with Crippen LogP contribution in [0.1, 0.15) is 28.7 Å². The molecule has 0 aliphatic carbocycles. The maximum atomic E-state index is 14.6. The first-order chi connectivity index (χ1) is 15.3. The highest BCUT2D eigenvalue weighted by Gasteiger charge is 2.49. The maximum absolute atomic E-state index is 14.6. The Kier molecular flexibility index (Phi) is 4.58. The predicted octanol–water partition coefficient (Wildman–Crippen LogP) is 4.43. The summed E-state index contributed by atoms with van der Waals surface area (Å²) in [6, 6.07) is 9.40. The van der Waals surface area contributed by atoms with E-state index in [9.17, 15) is 23.5 Å². The molecule has 1 N–H and O–H groups in total. The number of hydrogen-bond acceptors (Lipinski definition) is 5. The van der Waals surface area contributed by atoms with Gasteiger partial charge in [-0.25, -0.2) is 8.78 Å². The van der Waals surface area contributed by atoms with E-state index in [2.05, 4.69) is 0 Å². The van der Waals surface area contributed by atoms with Gasteiger partial charge in [0, 0.05) is 18.1 Å². The van der Waals surface area contributed by atoms with Crippen molar-refractivity contribution in [2.24, 2.45) is 0 Å². The number of nitrogens with zero attached hydrogens (tertiary/aromatic N) is 1. The first-order valence-corrected chi connectivity index (χ1v) is 9.93. The van der Waals surface area contributed by atoms with Crippen molar-refractivity contribution in [3.05, 3.63) is 88.4 Å². The topological polar surface area (TPSA) is 80.0 Å². The number of anilines is 1. The van der Waals surface area contributed by atoms with Crippen LogP contribution in [-0.2, 0) is 16.0 Å². The molecule has 8 heteroatoms. The van der Waals surface area contributed by atoms with E-state index in [0.29, 0.717) is 30.1 Å². The van der Waals surface area contributed by atoms with Gasteiger partial charge in [-0.15, -0.1) is 0 Å². The second-order valence-corrected chi connectivity index (χ2v) is 7.63. The number of carbonyl (C=O) groups is 2. The normalized spacial score (nSPS) is 19.3. The molecular weight excluding hydrogens is 420 g/mol. The number of rotatable bonds is 3. The number of benzene rings is 2. The summed E-state index contributed by atoms with van der Waals surface area (Å²) >= 11 is 0. The smallest absolute Gasteiger partial charge is 0.300 e. The molecule has 0 spiro atoms. The van der Waals surface area contributed by atoms with Crippen LogP contribution in [0.25, 0.3) is 5.76 Å². The van der Waals surface area contributed by atoms with Crippen LogP contribution in [0.3, 0.4) is 0 Å². The van der Waals surface area contributed by atoms with Gasteiger partial charge < -0.3 is 14.3 Å². The van der Waals surface area contributed by atoms with Crippen LogP contribution >= 0.6 is 0 Å². The summed E-state index contributed by atoms with van der Waals surface area (Å²) in [4.78, 5) is 26.8. The lowest BCUT2D eigenvalue weighted by atomic mass is 9.97. The molecule has 32 heavy (non-hydrogen) atoms. The average Bonchev–Trinajstić information content (AvgIpc) is 3.48. The van der Waals surface area contributed by atoms with E-state index in [0.717, 1.165) is 28.7 Å². The van der Waals surface area contributed by atoms with E-state index in [4.69, 9.17) is 9.15 Å². The Balaban J connectivity index is 1.72. The lowest BCUT2D eigenvalue weighted by Gasteiger charge is -2.23. The summed E-state index contributed by atoms with van der Waals surface area (Å²) in [5, 5.41) is 11.1. The van der Waals surface area contributed by atoms with Crippen molar-refractivity contribution in [1.82, 2.24) is 0 Å². The Morgan fingerprint density at radius 1 is 1.09 bits per heavy atom. The summed E-state index contributed by atoms with van der Waals surface area (Å²) in [6.45, 7) is 2.17. The van der Waals surface area contributed by atoms with Crippen LogP contribution in [0, 0.1) is 18.6 Å². The van der Waals surface area contributed by atoms with Crippen LogP contribution in [0.4, 0.5) is 14.5 Å². The Bertz CT molecular complexity index is 1310. The lowest BCUT2D eigenvalue weighted by Crippen LogP contribution is -2.30. The Morgan fingerprint density at radius 3 is 2.66 bits per heavy atom. The Labute approximate surface area is 181 Å². The fourth-order valence-corrected chi connectivity index (χ4v) is 4.11. The van der Waals surface area contributed by atoms with Crippen molar-refractivity contribution < 1.29 is 32.6 Å². The molecule has 0 radical (unpaired) electrons. The van der Waals surface area contributed by atoms with E-state index in [1.165, 1.54) is 6.07 Å². The first kappa shape index (κ1) is 20.0. The highest BCUT2D eigenvalue weighted by atomic mass is 19.1. The second-order valence-electron chi connectivity index (χ2n) is 7.63. The maximum Gasteiger partial charge on any atom is 0.300 e. The molecule has 1 saturated heterocycles. The summed E-state index contributed by atoms with van der Waals surface area (Å²) in [6.07, 6.45) is 0.639. The van der Waals surface area contributed by atoms with Gasteiger partial charge in [0.1, 0.15) is 40.7 Å². The standard InChI is InChI=1S/C24H17F2NO5/c1-12-2-6-19(32-12)21-20(22(28)14-3-7-18-13(10-14)8-9-31-18)23(29)24(30)27(21)17-11-15(25)4-5-16(17)26/h2-7,10-11,21,28H,8-9H2,1H3/b22-20-. The molecule has 0 saturated carbocycles. The minimum Gasteiger partial charge on any atom is -0.507 e. The van der Waals surface area contributed by atoms with Crippen LogP contribution < -0.4 is 9.64 Å². The molecule has 3 aromatic rings. The molecule has 1 amide bonds. The van der Waals surface area contributed by atoms with Crippen molar-refractivity contribution in [2.45, 2.75) is 19.4 Å². The van der Waals surface area contributed by atoms with Crippen LogP contribution in [0.15, 0.2) is 58.5 Å². The molecule has 162 valence electrons. The number of hydrogen-bond donors (Lipinski definition) is 1. The van der Waals surface area contributed by atoms with E-state index in [1.807, 2.05) is 0 Å². The van der Waals surface area contributed by atoms with E-state index >= 15 is 0 Å². The van der Waals surface area contributed by atoms with Gasteiger partial charge in [-0.1, -0.05) is 0 Å². The zero-order chi connectivity index (χ0) is 22.6. The van der Waals surface area contributed by atoms with Crippen molar-refractivity contribution in [2.75, 3.05) is 11.5 Å². The third kappa shape index (κ3) is 3.07. The minimum absolute atomic E-state index is 0.136. The summed E-state index contributed by atoms with van der Waals surface area (Å²) in [5.41, 5.74) is 0.463. The first-order valence-electron chi connectivity index (χ1n) is 9.93. The zero-order valence-corrected chi connectivity index (χ0v) is 16.9. The number of aryl methyl sites for hydroxylation is 1. The monoisotopic (exact) mass is 437 g/mol. The fraction of sp³-hybridized carbons (Fsp3) is 0.167. The lowest BCUT2D eigenvalue weighted by molar-refractivity contribution is -0.132. The molecule has 2 aromatic carbocycles. The van der Waals surface area contributed by atoms with E-state index < -0.39 is 40.8 Å². The van der Waals surface area contributed by atoms with E-state index in [-0.39, 0.29) is 11.3 Å². The number of ketones is 1. The number of fused-ring (bicyclic) bond motifs is 1. The van der Waals surface area contributed by atoms with Crippen LogP contribution in [0.5, 0.6) is 5.75 Å². The van der Waals surface area contributed by atoms with Crippen molar-refractivity contribution in [1.29, 1.82) is 0 Å². The summed E-state index contributed by atoms with van der Waals surface area (Å²) in [5.74, 6) is -2.93. The SMILES string of the molecule is Cc1ccc(C2/C(=C(/O)c3ccc4c(c3)CCO4)C(=O)C(=O)N2c2cc(F)ccc2F)o1. The molecule has 3 heterocycles. The van der Waals surface area contributed by atoms with Crippen molar-refractivity contribution in [3.8, 4) is 5.75 Å². The number of ether oxygens (including phenoxy) is 1. The van der Waals surface area contributed by atoms with Gasteiger partial charge in [0.15, 0.2) is 0 Å². The quantitative estimate of drug-likeness (QED) is 0.373. The third-order valence-electron chi connectivity index (χ3n) is 5.61. The van der Waals surface area contributed by atoms with Crippen LogP contribution in [-0.4, -0.2) is 23.4 Å². The fourth-order valence-electron chi connectivity index (χ4n) is 4.11. The van der Waals surface area contributed by atoms with Gasteiger partial charge in [0.25, 0.3) is 11.7 Å². The average molecular weight is 437 g/mol. The molecule has 2 aliphatic heterocycles. The number of aliphatic hydroxyl groups excluding tert-OH is 1. The summed E-state index contributed by atoms with van der Waals surface area (Å²) < 4.78 is 39.7. The summed E-state index contributed by atoms with van der Waals surface area (Å²) in [7, 11) is 0. The van der Waals surface area contributed by atoms with Crippen LogP contribution in [0.2, 0.25) is 0 Å². The molecule has 1 aromatic heterocycles. The largest absolute Gasteiger partial charge is 0.507 e. The van der Waals surface area contributed by atoms with Gasteiger partial charge in [-0.2, -0.15) is 0 Å². The number of Topliss-reactive ketones (excluding diaryl/α,β-unsaturated/α-hetero) is 1. The third-order valence-corrected chi connectivity index (χ3v) is 5.61. The highest BCUT2D eigenvalue weighted by molar-refractivity contribution is 6.51. The molecule has 1 atom stereocenters.